The van der Waals surface area contributed by atoms with Crippen LogP contribution in [0.25, 0.3) is 0 Å². The minimum absolute atomic E-state index is 0.586. The van der Waals surface area contributed by atoms with E-state index in [4.69, 9.17) is 0 Å². The fourth-order valence-corrected chi connectivity index (χ4v) is 3.02. The molecule has 1 saturated heterocycles. The van der Waals surface area contributed by atoms with Crippen molar-refractivity contribution in [2.24, 2.45) is 0 Å². The molecule has 0 amide bonds. The molecule has 0 spiro atoms. The second-order valence-corrected chi connectivity index (χ2v) is 6.54. The number of nitrogens with zero attached hydrogens (tertiary/aromatic N) is 3. The van der Waals surface area contributed by atoms with Crippen LogP contribution in [0.2, 0.25) is 0 Å². The van der Waals surface area contributed by atoms with Gasteiger partial charge in [0, 0.05) is 19.3 Å². The summed E-state index contributed by atoms with van der Waals surface area (Å²) in [4.78, 5) is 2.64. The number of unbranched alkanes of at least 4 members (excludes halogenated alkanes) is 3. The lowest BCUT2D eigenvalue weighted by molar-refractivity contribution is 0.177. The minimum atomic E-state index is 0.586. The molecule has 1 fully saturated rings. The second-order valence-electron chi connectivity index (χ2n) is 6.54. The summed E-state index contributed by atoms with van der Waals surface area (Å²) in [6.07, 6.45) is 12.3. The van der Waals surface area contributed by atoms with E-state index in [0.717, 1.165) is 0 Å². The molecule has 2 rings (SSSR count). The average molecular weight is 277 g/mol. The van der Waals surface area contributed by atoms with Gasteiger partial charge in [0.1, 0.15) is 0 Å². The molecule has 0 radical (unpaired) electrons. The van der Waals surface area contributed by atoms with Crippen molar-refractivity contribution in [3.63, 3.8) is 0 Å². The quantitative estimate of drug-likeness (QED) is 0.696. The van der Waals surface area contributed by atoms with Gasteiger partial charge < -0.3 is 4.90 Å². The van der Waals surface area contributed by atoms with Crippen molar-refractivity contribution in [2.75, 3.05) is 19.6 Å². The third-order valence-corrected chi connectivity index (χ3v) is 4.55. The smallest absolute Gasteiger partial charge is 0.0543 e. The van der Waals surface area contributed by atoms with Crippen LogP contribution in [-0.4, -0.2) is 34.3 Å². The van der Waals surface area contributed by atoms with E-state index in [2.05, 4.69) is 41.6 Å². The maximum absolute atomic E-state index is 4.57. The molecule has 0 bridgehead atoms. The van der Waals surface area contributed by atoms with Gasteiger partial charge in [-0.3, -0.25) is 4.68 Å². The Bertz CT molecular complexity index is 375. The summed E-state index contributed by atoms with van der Waals surface area (Å²) in [5, 5.41) is 4.57. The predicted molar refractivity (Wildman–Crippen MR) is 85.2 cm³/mol. The molecule has 2 heterocycles. The summed E-state index contributed by atoms with van der Waals surface area (Å²) in [7, 11) is 0. The highest BCUT2D eigenvalue weighted by Crippen LogP contribution is 2.24. The van der Waals surface area contributed by atoms with Crippen LogP contribution in [-0.2, 0) is 0 Å². The summed E-state index contributed by atoms with van der Waals surface area (Å²) < 4.78 is 2.21. The van der Waals surface area contributed by atoms with Gasteiger partial charge in [0.05, 0.1) is 12.2 Å². The number of piperidine rings is 1. The zero-order valence-corrected chi connectivity index (χ0v) is 13.5. The van der Waals surface area contributed by atoms with E-state index in [1.165, 1.54) is 63.7 Å². The highest BCUT2D eigenvalue weighted by Gasteiger charge is 2.20. The molecule has 1 aliphatic rings. The summed E-state index contributed by atoms with van der Waals surface area (Å²) in [5.74, 6) is 0.586. The highest BCUT2D eigenvalue weighted by molar-refractivity contribution is 5.09. The molecule has 3 heteroatoms. The first kappa shape index (κ1) is 15.6. The molecule has 114 valence electrons. The monoisotopic (exact) mass is 277 g/mol. The molecule has 0 atom stereocenters. The maximum atomic E-state index is 4.57. The third kappa shape index (κ3) is 4.34. The average Bonchev–Trinajstić information content (AvgIpc) is 2.94. The Hall–Kier alpha value is -0.830. The number of aromatic nitrogens is 2. The minimum Gasteiger partial charge on any atom is -0.303 e. The summed E-state index contributed by atoms with van der Waals surface area (Å²) in [5.41, 5.74) is 1.37. The van der Waals surface area contributed by atoms with Crippen LogP contribution in [0.15, 0.2) is 12.4 Å². The largest absolute Gasteiger partial charge is 0.303 e. The van der Waals surface area contributed by atoms with Crippen LogP contribution in [0.1, 0.15) is 76.8 Å². The zero-order valence-electron chi connectivity index (χ0n) is 13.5. The van der Waals surface area contributed by atoms with Gasteiger partial charge in [0.25, 0.3) is 0 Å². The van der Waals surface area contributed by atoms with Crippen LogP contribution in [0.3, 0.4) is 0 Å². The lowest BCUT2D eigenvalue weighted by Gasteiger charge is -2.32. The Morgan fingerprint density at radius 2 is 1.95 bits per heavy atom. The fourth-order valence-electron chi connectivity index (χ4n) is 3.02. The number of hydrogen-bond acceptors (Lipinski definition) is 2. The highest BCUT2D eigenvalue weighted by atomic mass is 15.3. The molecule has 0 N–H and O–H groups in total. The molecular weight excluding hydrogens is 246 g/mol. The van der Waals surface area contributed by atoms with E-state index in [1.54, 1.807) is 0 Å². The lowest BCUT2D eigenvalue weighted by Crippen LogP contribution is -2.35. The van der Waals surface area contributed by atoms with Crippen molar-refractivity contribution in [3.8, 4) is 0 Å². The fraction of sp³-hybridized carbons (Fsp3) is 0.824. The van der Waals surface area contributed by atoms with Crippen LogP contribution in [0.4, 0.5) is 0 Å². The molecule has 0 unspecified atom stereocenters. The maximum Gasteiger partial charge on any atom is 0.0543 e. The normalized spacial score (nSPS) is 18.0. The first-order chi connectivity index (χ1) is 9.70. The molecule has 1 aromatic rings. The summed E-state index contributed by atoms with van der Waals surface area (Å²) in [6.45, 7) is 10.5. The van der Waals surface area contributed by atoms with E-state index in [9.17, 15) is 0 Å². The van der Waals surface area contributed by atoms with Gasteiger partial charge in [-0.05, 0) is 37.3 Å². The van der Waals surface area contributed by atoms with E-state index in [1.807, 2.05) is 6.20 Å². The first-order valence-corrected chi connectivity index (χ1v) is 8.47. The summed E-state index contributed by atoms with van der Waals surface area (Å²) in [6, 6.07) is 0.620. The Morgan fingerprint density at radius 1 is 1.20 bits per heavy atom. The first-order valence-electron chi connectivity index (χ1n) is 8.47. The summed E-state index contributed by atoms with van der Waals surface area (Å²) >= 11 is 0. The standard InChI is InChI=1S/C17H31N3/c1-4-5-6-7-10-19-11-8-17(9-12-19)20-14-16(13-18-20)15(2)3/h13-15,17H,4-12H2,1-3H3. The Morgan fingerprint density at radius 3 is 2.55 bits per heavy atom. The van der Waals surface area contributed by atoms with E-state index in [-0.39, 0.29) is 0 Å². The Balaban J connectivity index is 1.73. The molecule has 0 saturated carbocycles. The second kappa shape index (κ2) is 7.82. The van der Waals surface area contributed by atoms with Crippen molar-refractivity contribution in [1.29, 1.82) is 0 Å². The van der Waals surface area contributed by atoms with Crippen molar-refractivity contribution < 1.29 is 0 Å². The molecule has 3 nitrogen and oxygen atoms in total. The third-order valence-electron chi connectivity index (χ3n) is 4.55. The molecule has 0 aliphatic carbocycles. The zero-order chi connectivity index (χ0) is 14.4. The number of likely N-dealkylation sites (tertiary alicyclic amines) is 1. The Kier molecular flexibility index (Phi) is 6.08. The van der Waals surface area contributed by atoms with E-state index < -0.39 is 0 Å². The topological polar surface area (TPSA) is 21.1 Å². The lowest BCUT2D eigenvalue weighted by atomic mass is 10.0. The van der Waals surface area contributed by atoms with Crippen molar-refractivity contribution >= 4 is 0 Å². The molecule has 1 aliphatic heterocycles. The SMILES string of the molecule is CCCCCCN1CCC(n2cc(C(C)C)cn2)CC1. The molecule has 1 aromatic heterocycles. The van der Waals surface area contributed by atoms with E-state index >= 15 is 0 Å². The van der Waals surface area contributed by atoms with E-state index in [0.29, 0.717) is 12.0 Å². The van der Waals surface area contributed by atoms with Gasteiger partial charge in [-0.15, -0.1) is 0 Å². The van der Waals surface area contributed by atoms with Gasteiger partial charge in [0.15, 0.2) is 0 Å². The molecular formula is C17H31N3. The van der Waals surface area contributed by atoms with Crippen LogP contribution in [0.5, 0.6) is 0 Å². The van der Waals surface area contributed by atoms with Crippen LogP contribution >= 0.6 is 0 Å². The Labute approximate surface area is 124 Å². The molecule has 0 aromatic carbocycles. The number of hydrogen-bond donors (Lipinski definition) is 0. The van der Waals surface area contributed by atoms with Crippen molar-refractivity contribution in [3.05, 3.63) is 18.0 Å². The van der Waals surface area contributed by atoms with Gasteiger partial charge >= 0.3 is 0 Å². The molecule has 20 heavy (non-hydrogen) atoms. The van der Waals surface area contributed by atoms with Gasteiger partial charge in [-0.1, -0.05) is 40.0 Å². The van der Waals surface area contributed by atoms with Crippen LogP contribution < -0.4 is 0 Å². The number of rotatable bonds is 7. The van der Waals surface area contributed by atoms with Gasteiger partial charge in [-0.2, -0.15) is 5.10 Å². The van der Waals surface area contributed by atoms with Crippen molar-refractivity contribution in [1.82, 2.24) is 14.7 Å². The van der Waals surface area contributed by atoms with Gasteiger partial charge in [-0.25, -0.2) is 0 Å². The predicted octanol–water partition coefficient (Wildman–Crippen LogP) is 4.22. The van der Waals surface area contributed by atoms with Crippen molar-refractivity contribution in [2.45, 2.75) is 71.3 Å². The van der Waals surface area contributed by atoms with Crippen LogP contribution in [0, 0.1) is 0 Å². The van der Waals surface area contributed by atoms with Gasteiger partial charge in [0.2, 0.25) is 0 Å².